The molecule has 2 rings (SSSR count). The highest BCUT2D eigenvalue weighted by Gasteiger charge is 2.52. The zero-order valence-corrected chi connectivity index (χ0v) is 5.72. The van der Waals surface area contributed by atoms with E-state index in [-0.39, 0.29) is 6.10 Å². The van der Waals surface area contributed by atoms with Crippen molar-refractivity contribution in [2.75, 3.05) is 13.1 Å². The molecule has 0 unspecified atom stereocenters. The van der Waals surface area contributed by atoms with Crippen molar-refractivity contribution in [1.29, 1.82) is 0 Å². The molecule has 3 atom stereocenters. The van der Waals surface area contributed by atoms with Crippen LogP contribution >= 0.6 is 0 Å². The summed E-state index contributed by atoms with van der Waals surface area (Å²) < 4.78 is 0. The van der Waals surface area contributed by atoms with E-state index in [1.54, 1.807) is 0 Å². The van der Waals surface area contributed by atoms with Crippen LogP contribution in [0.5, 0.6) is 0 Å². The Kier molecular flexibility index (Phi) is 0.945. The number of aliphatic hydroxyl groups excluding tert-OH is 1. The zero-order valence-electron chi connectivity index (χ0n) is 5.72. The van der Waals surface area contributed by atoms with E-state index < -0.39 is 0 Å². The molecule has 0 bridgehead atoms. The van der Waals surface area contributed by atoms with E-state index in [0.29, 0.717) is 11.3 Å². The average molecular weight is 127 g/mol. The minimum absolute atomic E-state index is 0.00926. The summed E-state index contributed by atoms with van der Waals surface area (Å²) in [4.78, 5) is 0. The molecule has 2 heteroatoms. The van der Waals surface area contributed by atoms with Crippen LogP contribution in [0.15, 0.2) is 0 Å². The molecule has 1 aliphatic heterocycles. The van der Waals surface area contributed by atoms with Crippen molar-refractivity contribution in [3.63, 3.8) is 0 Å². The van der Waals surface area contributed by atoms with Crippen molar-refractivity contribution in [1.82, 2.24) is 5.32 Å². The van der Waals surface area contributed by atoms with E-state index in [2.05, 4.69) is 12.2 Å². The van der Waals surface area contributed by atoms with Crippen LogP contribution in [0.25, 0.3) is 0 Å². The Morgan fingerprint density at radius 2 is 2.44 bits per heavy atom. The maximum Gasteiger partial charge on any atom is 0.0592 e. The zero-order chi connectivity index (χ0) is 6.48. The number of nitrogens with one attached hydrogen (secondary N) is 1. The molecule has 0 amide bonds. The summed E-state index contributed by atoms with van der Waals surface area (Å²) >= 11 is 0. The van der Waals surface area contributed by atoms with Gasteiger partial charge >= 0.3 is 0 Å². The highest BCUT2D eigenvalue weighted by Crippen LogP contribution is 2.48. The summed E-state index contributed by atoms with van der Waals surface area (Å²) in [5.74, 6) is 0.553. The van der Waals surface area contributed by atoms with E-state index in [4.69, 9.17) is 0 Å². The highest BCUT2D eigenvalue weighted by molar-refractivity contribution is 5.05. The van der Waals surface area contributed by atoms with Crippen molar-refractivity contribution in [2.24, 2.45) is 11.3 Å². The number of fused-ring (bicyclic) bond motifs is 1. The molecule has 0 radical (unpaired) electrons. The fourth-order valence-corrected chi connectivity index (χ4v) is 2.17. The summed E-state index contributed by atoms with van der Waals surface area (Å²) in [5, 5.41) is 12.5. The number of rotatable bonds is 0. The van der Waals surface area contributed by atoms with Gasteiger partial charge in [0, 0.05) is 19.0 Å². The van der Waals surface area contributed by atoms with Gasteiger partial charge in [0.15, 0.2) is 0 Å². The number of hydrogen-bond acceptors (Lipinski definition) is 2. The lowest BCUT2D eigenvalue weighted by molar-refractivity contribution is -0.0638. The molecule has 0 spiro atoms. The fourth-order valence-electron chi connectivity index (χ4n) is 2.17. The van der Waals surface area contributed by atoms with Gasteiger partial charge in [0.05, 0.1) is 6.10 Å². The first-order valence-electron chi connectivity index (χ1n) is 3.61. The van der Waals surface area contributed by atoms with Crippen LogP contribution in [0, 0.1) is 11.3 Å². The van der Waals surface area contributed by atoms with Gasteiger partial charge < -0.3 is 10.4 Å². The quantitative estimate of drug-likeness (QED) is 0.479. The Bertz CT molecular complexity index is 137. The van der Waals surface area contributed by atoms with Gasteiger partial charge in [-0.25, -0.2) is 0 Å². The largest absolute Gasteiger partial charge is 0.393 e. The summed E-state index contributed by atoms with van der Waals surface area (Å²) in [5.41, 5.74) is 0.444. The van der Waals surface area contributed by atoms with Crippen molar-refractivity contribution >= 4 is 0 Å². The normalized spacial score (nSPS) is 56.7. The Labute approximate surface area is 55.3 Å². The summed E-state index contributed by atoms with van der Waals surface area (Å²) in [6.45, 7) is 4.39. The van der Waals surface area contributed by atoms with Gasteiger partial charge in [0.25, 0.3) is 0 Å². The lowest BCUT2D eigenvalue weighted by Crippen LogP contribution is -2.48. The summed E-state index contributed by atoms with van der Waals surface area (Å²) in [7, 11) is 0. The Hall–Kier alpha value is -0.0800. The third kappa shape index (κ3) is 0.578. The maximum atomic E-state index is 9.24. The minimum Gasteiger partial charge on any atom is -0.393 e. The van der Waals surface area contributed by atoms with Crippen molar-refractivity contribution in [3.8, 4) is 0 Å². The van der Waals surface area contributed by atoms with Crippen LogP contribution in [0.1, 0.15) is 13.3 Å². The molecule has 2 fully saturated rings. The van der Waals surface area contributed by atoms with Crippen LogP contribution in [0.4, 0.5) is 0 Å². The molecule has 52 valence electrons. The van der Waals surface area contributed by atoms with Crippen LogP contribution in [-0.2, 0) is 0 Å². The van der Waals surface area contributed by atoms with Crippen molar-refractivity contribution in [2.45, 2.75) is 19.4 Å². The maximum absolute atomic E-state index is 9.24. The molecule has 0 aromatic carbocycles. The molecular formula is C7H13NO. The van der Waals surface area contributed by atoms with Crippen molar-refractivity contribution in [3.05, 3.63) is 0 Å². The molecule has 2 aliphatic rings. The number of aliphatic hydroxyl groups is 1. The minimum atomic E-state index is -0.00926. The molecule has 2 nitrogen and oxygen atoms in total. The van der Waals surface area contributed by atoms with E-state index in [1.165, 1.54) is 0 Å². The second-order valence-corrected chi connectivity index (χ2v) is 3.66. The summed E-state index contributed by atoms with van der Waals surface area (Å²) in [6, 6.07) is 0. The molecule has 1 saturated carbocycles. The molecule has 0 aromatic heterocycles. The molecule has 9 heavy (non-hydrogen) atoms. The SMILES string of the molecule is C[C@]12CNC[C@H]1[C@@H](O)C2. The van der Waals surface area contributed by atoms with Gasteiger partial charge in [0.2, 0.25) is 0 Å². The molecule has 1 heterocycles. The molecule has 2 N–H and O–H groups in total. The lowest BCUT2D eigenvalue weighted by Gasteiger charge is -2.45. The van der Waals surface area contributed by atoms with Gasteiger partial charge in [-0.15, -0.1) is 0 Å². The first-order valence-corrected chi connectivity index (χ1v) is 3.61. The van der Waals surface area contributed by atoms with Crippen LogP contribution in [0.2, 0.25) is 0 Å². The van der Waals surface area contributed by atoms with Gasteiger partial charge in [-0.3, -0.25) is 0 Å². The van der Waals surface area contributed by atoms with Crippen LogP contribution in [0.3, 0.4) is 0 Å². The predicted molar refractivity (Wildman–Crippen MR) is 35.1 cm³/mol. The van der Waals surface area contributed by atoms with Crippen LogP contribution < -0.4 is 5.32 Å². The second-order valence-electron chi connectivity index (χ2n) is 3.66. The van der Waals surface area contributed by atoms with E-state index in [1.807, 2.05) is 0 Å². The molecule has 1 saturated heterocycles. The molecular weight excluding hydrogens is 114 g/mol. The third-order valence-corrected chi connectivity index (χ3v) is 2.93. The first-order chi connectivity index (χ1) is 4.22. The van der Waals surface area contributed by atoms with Gasteiger partial charge in [-0.05, 0) is 11.8 Å². The predicted octanol–water partition coefficient (Wildman–Crippen LogP) is -0.0233. The van der Waals surface area contributed by atoms with E-state index >= 15 is 0 Å². The van der Waals surface area contributed by atoms with Crippen LogP contribution in [-0.4, -0.2) is 24.3 Å². The average Bonchev–Trinajstić information content (AvgIpc) is 2.06. The van der Waals surface area contributed by atoms with Crippen molar-refractivity contribution < 1.29 is 5.11 Å². The standard InChI is InChI=1S/C7H13NO/c1-7-2-6(9)5(7)3-8-4-7/h5-6,8-9H,2-4H2,1H3/t5-,6-,7-/m0/s1. The monoisotopic (exact) mass is 127 g/mol. The first kappa shape index (κ1) is 5.69. The molecule has 1 aliphatic carbocycles. The smallest absolute Gasteiger partial charge is 0.0592 e. The van der Waals surface area contributed by atoms with Gasteiger partial charge in [0.1, 0.15) is 0 Å². The van der Waals surface area contributed by atoms with Gasteiger partial charge in [-0.2, -0.15) is 0 Å². The molecule has 0 aromatic rings. The second kappa shape index (κ2) is 1.50. The Balaban J connectivity index is 2.13. The Morgan fingerprint density at radius 1 is 1.67 bits per heavy atom. The number of hydrogen-bond donors (Lipinski definition) is 2. The van der Waals surface area contributed by atoms with E-state index in [0.717, 1.165) is 19.5 Å². The highest BCUT2D eigenvalue weighted by atomic mass is 16.3. The van der Waals surface area contributed by atoms with E-state index in [9.17, 15) is 5.11 Å². The fraction of sp³-hybridized carbons (Fsp3) is 1.00. The Morgan fingerprint density at radius 3 is 2.89 bits per heavy atom. The summed E-state index contributed by atoms with van der Waals surface area (Å²) in [6.07, 6.45) is 0.995. The lowest BCUT2D eigenvalue weighted by atomic mass is 9.61. The third-order valence-electron chi connectivity index (χ3n) is 2.93. The van der Waals surface area contributed by atoms with Gasteiger partial charge in [-0.1, -0.05) is 6.92 Å². The topological polar surface area (TPSA) is 32.3 Å².